The maximum Gasteiger partial charge on any atom is 0.178 e. The van der Waals surface area contributed by atoms with E-state index in [1.54, 1.807) is 6.07 Å². The zero-order valence-electron chi connectivity index (χ0n) is 12.2. The van der Waals surface area contributed by atoms with Crippen LogP contribution in [0.25, 0.3) is 11.0 Å². The summed E-state index contributed by atoms with van der Waals surface area (Å²) in [6.45, 7) is 3.19. The van der Waals surface area contributed by atoms with Gasteiger partial charge in [0, 0.05) is 12.6 Å². The van der Waals surface area contributed by atoms with Gasteiger partial charge in [-0.1, -0.05) is 26.2 Å². The fourth-order valence-corrected chi connectivity index (χ4v) is 4.16. The summed E-state index contributed by atoms with van der Waals surface area (Å²) >= 11 is 7.45. The van der Waals surface area contributed by atoms with Crippen LogP contribution in [0.1, 0.15) is 39.0 Å². The normalized spacial score (nSPS) is 22.8. The van der Waals surface area contributed by atoms with Gasteiger partial charge in [0.05, 0.1) is 14.6 Å². The van der Waals surface area contributed by atoms with Crippen LogP contribution in [0.2, 0.25) is 0 Å². The van der Waals surface area contributed by atoms with Gasteiger partial charge in [-0.3, -0.25) is 0 Å². The van der Waals surface area contributed by atoms with Gasteiger partial charge in [0.25, 0.3) is 0 Å². The molecule has 0 aliphatic heterocycles. The zero-order valence-corrected chi connectivity index (χ0v) is 15.1. The van der Waals surface area contributed by atoms with Crippen LogP contribution in [0.4, 0.5) is 4.39 Å². The molecule has 1 aromatic carbocycles. The number of fused-ring (bicyclic) bond motifs is 1. The molecular weight excluding hydrogens is 398 g/mol. The lowest BCUT2D eigenvalue weighted by molar-refractivity contribution is 0.248. The Morgan fingerprint density at radius 1 is 1.29 bits per heavy atom. The molecule has 0 amide bonds. The Kier molecular flexibility index (Phi) is 4.69. The van der Waals surface area contributed by atoms with Crippen molar-refractivity contribution in [2.75, 3.05) is 0 Å². The average molecular weight is 418 g/mol. The highest BCUT2D eigenvalue weighted by Crippen LogP contribution is 2.32. The summed E-state index contributed by atoms with van der Waals surface area (Å²) in [5.41, 5.74) is 1.84. The number of aromatic nitrogens is 2. The topological polar surface area (TPSA) is 20.7 Å². The summed E-state index contributed by atoms with van der Waals surface area (Å²) in [5, 5.41) is 0. The third-order valence-electron chi connectivity index (χ3n) is 4.80. The largest absolute Gasteiger partial charge is 0.331 e. The third-order valence-corrected chi connectivity index (χ3v) is 5.95. The fourth-order valence-electron chi connectivity index (χ4n) is 3.41. The van der Waals surface area contributed by atoms with E-state index in [9.17, 15) is 4.39 Å². The lowest BCUT2D eigenvalue weighted by Crippen LogP contribution is -2.18. The predicted molar refractivity (Wildman–Crippen MR) is 95.5 cm³/mol. The third kappa shape index (κ3) is 3.18. The van der Waals surface area contributed by atoms with Gasteiger partial charge in [0.1, 0.15) is 5.82 Å². The van der Waals surface area contributed by atoms with Crippen molar-refractivity contribution in [3.63, 3.8) is 0 Å². The predicted octanol–water partition coefficient (Wildman–Crippen LogP) is 5.66. The molecule has 1 heterocycles. The van der Waals surface area contributed by atoms with Crippen molar-refractivity contribution in [1.29, 1.82) is 0 Å². The molecule has 1 aromatic heterocycles. The summed E-state index contributed by atoms with van der Waals surface area (Å²) < 4.78 is 17.3. The van der Waals surface area contributed by atoms with Crippen LogP contribution in [0.3, 0.4) is 0 Å². The van der Waals surface area contributed by atoms with Gasteiger partial charge in [-0.25, -0.2) is 4.39 Å². The van der Waals surface area contributed by atoms with Crippen molar-refractivity contribution in [2.45, 2.75) is 45.6 Å². The minimum absolute atomic E-state index is 0.166. The van der Waals surface area contributed by atoms with Crippen LogP contribution < -0.4 is 0 Å². The van der Waals surface area contributed by atoms with Gasteiger partial charge < -0.3 is 9.55 Å². The molecule has 1 N–H and O–H groups in total. The zero-order chi connectivity index (χ0) is 15.0. The van der Waals surface area contributed by atoms with E-state index < -0.39 is 0 Å². The minimum atomic E-state index is -0.166. The smallest absolute Gasteiger partial charge is 0.178 e. The molecule has 2 nitrogen and oxygen atoms in total. The Balaban J connectivity index is 1.86. The Morgan fingerprint density at radius 2 is 1.95 bits per heavy atom. The summed E-state index contributed by atoms with van der Waals surface area (Å²) in [6, 6.07) is 3.45. The minimum Gasteiger partial charge on any atom is -0.331 e. The quantitative estimate of drug-likeness (QED) is 0.504. The molecule has 0 bridgehead atoms. The highest BCUT2D eigenvalue weighted by Gasteiger charge is 2.21. The molecule has 1 aliphatic carbocycles. The van der Waals surface area contributed by atoms with Gasteiger partial charge in [0.15, 0.2) is 4.77 Å². The van der Waals surface area contributed by atoms with E-state index in [2.05, 4.69) is 16.5 Å². The van der Waals surface area contributed by atoms with Crippen molar-refractivity contribution >= 4 is 45.8 Å². The van der Waals surface area contributed by atoms with E-state index in [-0.39, 0.29) is 5.82 Å². The standard InChI is InChI=1S/C16H20FIN2S/c1-2-10-3-5-11(6-4-10)9-20-15-7-12(17)13(18)8-14(15)19-16(20)21/h7-8,10-11H,2-6,9H2,1H3,(H,19,21). The molecule has 0 radical (unpaired) electrons. The molecule has 0 unspecified atom stereocenters. The number of rotatable bonds is 3. The van der Waals surface area contributed by atoms with Crippen LogP contribution >= 0.6 is 34.8 Å². The van der Waals surface area contributed by atoms with E-state index in [4.69, 9.17) is 12.2 Å². The van der Waals surface area contributed by atoms with E-state index in [1.807, 2.05) is 28.7 Å². The number of nitrogens with one attached hydrogen (secondary N) is 1. The van der Waals surface area contributed by atoms with Gasteiger partial charge >= 0.3 is 0 Å². The number of nitrogens with zero attached hydrogens (tertiary/aromatic N) is 1. The monoisotopic (exact) mass is 418 g/mol. The number of H-pyrrole nitrogens is 1. The molecule has 3 rings (SSSR count). The maximum atomic E-state index is 13.8. The number of halogens is 2. The summed E-state index contributed by atoms with van der Waals surface area (Å²) in [5.74, 6) is 1.40. The van der Waals surface area contributed by atoms with Crippen LogP contribution in [-0.4, -0.2) is 9.55 Å². The molecule has 114 valence electrons. The van der Waals surface area contributed by atoms with Crippen molar-refractivity contribution in [1.82, 2.24) is 9.55 Å². The lowest BCUT2D eigenvalue weighted by atomic mass is 9.81. The Hall–Kier alpha value is -0.430. The maximum absolute atomic E-state index is 13.8. The Labute approximate surface area is 143 Å². The first-order valence-corrected chi connectivity index (χ1v) is 9.14. The first-order chi connectivity index (χ1) is 10.1. The number of hydrogen-bond donors (Lipinski definition) is 1. The first-order valence-electron chi connectivity index (χ1n) is 7.66. The molecule has 21 heavy (non-hydrogen) atoms. The Bertz CT molecular complexity index is 698. The van der Waals surface area contributed by atoms with E-state index in [0.717, 1.165) is 23.5 Å². The van der Waals surface area contributed by atoms with Crippen LogP contribution in [-0.2, 0) is 6.54 Å². The molecule has 0 atom stereocenters. The van der Waals surface area contributed by atoms with Crippen LogP contribution in [0, 0.1) is 26.0 Å². The summed E-state index contributed by atoms with van der Waals surface area (Å²) in [7, 11) is 0. The van der Waals surface area contributed by atoms with E-state index in [1.165, 1.54) is 32.1 Å². The highest BCUT2D eigenvalue weighted by atomic mass is 127. The van der Waals surface area contributed by atoms with Crippen molar-refractivity contribution in [2.24, 2.45) is 11.8 Å². The molecular formula is C16H20FIN2S. The van der Waals surface area contributed by atoms with Crippen LogP contribution in [0.15, 0.2) is 12.1 Å². The van der Waals surface area contributed by atoms with Gasteiger partial charge in [-0.2, -0.15) is 0 Å². The summed E-state index contributed by atoms with van der Waals surface area (Å²) in [6.07, 6.45) is 6.47. The summed E-state index contributed by atoms with van der Waals surface area (Å²) in [4.78, 5) is 3.21. The number of hydrogen-bond acceptors (Lipinski definition) is 1. The lowest BCUT2D eigenvalue weighted by Gasteiger charge is -2.28. The number of aromatic amines is 1. The molecule has 0 spiro atoms. The average Bonchev–Trinajstić information content (AvgIpc) is 2.76. The SMILES string of the molecule is CCC1CCC(Cn2c(=S)[nH]c3cc(I)c(F)cc32)CC1. The van der Waals surface area contributed by atoms with E-state index in [0.29, 0.717) is 14.3 Å². The van der Waals surface area contributed by atoms with Crippen molar-refractivity contribution < 1.29 is 4.39 Å². The van der Waals surface area contributed by atoms with Gasteiger partial charge in [-0.15, -0.1) is 0 Å². The van der Waals surface area contributed by atoms with Crippen molar-refractivity contribution in [3.8, 4) is 0 Å². The Morgan fingerprint density at radius 3 is 2.62 bits per heavy atom. The molecule has 0 saturated heterocycles. The fraction of sp³-hybridized carbons (Fsp3) is 0.562. The molecule has 2 aromatic rings. The first kappa shape index (κ1) is 15.5. The molecule has 1 fully saturated rings. The molecule has 5 heteroatoms. The van der Waals surface area contributed by atoms with Crippen LogP contribution in [0.5, 0.6) is 0 Å². The second-order valence-electron chi connectivity index (χ2n) is 6.12. The molecule has 1 aliphatic rings. The van der Waals surface area contributed by atoms with E-state index >= 15 is 0 Å². The van der Waals surface area contributed by atoms with Crippen molar-refractivity contribution in [3.05, 3.63) is 26.3 Å². The van der Waals surface area contributed by atoms with Gasteiger partial charge in [0.2, 0.25) is 0 Å². The second kappa shape index (κ2) is 6.36. The number of imidazole rings is 1. The van der Waals surface area contributed by atoms with Gasteiger partial charge in [-0.05, 0) is 65.6 Å². The number of benzene rings is 1. The second-order valence-corrected chi connectivity index (χ2v) is 7.67. The highest BCUT2D eigenvalue weighted by molar-refractivity contribution is 14.1. The molecule has 1 saturated carbocycles.